The number of halogens is 1. The molecule has 1 atom stereocenters. The summed E-state index contributed by atoms with van der Waals surface area (Å²) in [5.41, 5.74) is 2.48. The van der Waals surface area contributed by atoms with E-state index in [1.807, 2.05) is 42.6 Å². The van der Waals surface area contributed by atoms with Gasteiger partial charge in [-0.1, -0.05) is 17.7 Å². The second kappa shape index (κ2) is 4.93. The molecule has 0 aliphatic carbocycles. The highest BCUT2D eigenvalue weighted by molar-refractivity contribution is 7.10. The maximum absolute atomic E-state index is 10.6. The van der Waals surface area contributed by atoms with Crippen LogP contribution in [0.2, 0.25) is 5.02 Å². The molecule has 19 heavy (non-hydrogen) atoms. The summed E-state index contributed by atoms with van der Waals surface area (Å²) in [6, 6.07) is 9.38. The first-order chi connectivity index (χ1) is 9.18. The number of aryl methyl sites for hydroxylation is 1. The van der Waals surface area contributed by atoms with Crippen LogP contribution in [-0.4, -0.2) is 10.1 Å². The number of aromatic nitrogens is 1. The number of thiophene rings is 1. The zero-order valence-corrected chi connectivity index (χ0v) is 11.9. The van der Waals surface area contributed by atoms with E-state index in [1.54, 1.807) is 17.5 Å². The highest BCUT2D eigenvalue weighted by Gasteiger charge is 2.17. The van der Waals surface area contributed by atoms with Gasteiger partial charge >= 0.3 is 0 Å². The third-order valence-electron chi connectivity index (χ3n) is 3.24. The predicted octanol–water partition coefficient (Wildman–Crippen LogP) is 4.34. The molecule has 0 amide bonds. The minimum atomic E-state index is -0.666. The fraction of sp³-hybridized carbons (Fsp3) is 0.133. The highest BCUT2D eigenvalue weighted by Crippen LogP contribution is 2.33. The van der Waals surface area contributed by atoms with E-state index in [0.29, 0.717) is 5.02 Å². The van der Waals surface area contributed by atoms with Crippen molar-refractivity contribution in [3.05, 3.63) is 62.9 Å². The Hall–Kier alpha value is -1.42. The molecule has 2 aromatic heterocycles. The van der Waals surface area contributed by atoms with Gasteiger partial charge in [0.15, 0.2) is 0 Å². The summed E-state index contributed by atoms with van der Waals surface area (Å²) in [4.78, 5) is 5.48. The van der Waals surface area contributed by atoms with Gasteiger partial charge < -0.3 is 5.11 Å². The number of hydrogen-bond donors (Lipinski definition) is 1. The van der Waals surface area contributed by atoms with Crippen molar-refractivity contribution in [2.45, 2.75) is 13.0 Å². The molecule has 0 fully saturated rings. The van der Waals surface area contributed by atoms with E-state index in [4.69, 9.17) is 11.6 Å². The predicted molar refractivity (Wildman–Crippen MR) is 79.9 cm³/mol. The summed E-state index contributed by atoms with van der Waals surface area (Å²) in [6.07, 6.45) is 1.05. The van der Waals surface area contributed by atoms with Crippen molar-refractivity contribution in [2.75, 3.05) is 0 Å². The molecule has 0 aliphatic heterocycles. The van der Waals surface area contributed by atoms with E-state index in [9.17, 15) is 5.11 Å². The van der Waals surface area contributed by atoms with Crippen LogP contribution in [0, 0.1) is 6.92 Å². The van der Waals surface area contributed by atoms with E-state index >= 15 is 0 Å². The van der Waals surface area contributed by atoms with Crippen LogP contribution in [0.15, 0.2) is 41.9 Å². The Labute approximate surface area is 120 Å². The van der Waals surface area contributed by atoms with Crippen molar-refractivity contribution < 1.29 is 5.11 Å². The molecule has 96 valence electrons. The Bertz CT molecular complexity index is 738. The number of fused-ring (bicyclic) bond motifs is 1. The Morgan fingerprint density at radius 2 is 2.05 bits per heavy atom. The molecule has 3 rings (SSSR count). The molecule has 0 bridgehead atoms. The lowest BCUT2D eigenvalue weighted by molar-refractivity contribution is 0.221. The third-order valence-corrected chi connectivity index (χ3v) is 4.43. The molecule has 0 spiro atoms. The largest absolute Gasteiger partial charge is 0.384 e. The average Bonchev–Trinajstić information content (AvgIpc) is 2.85. The molecular formula is C15H12ClNOS. The van der Waals surface area contributed by atoms with Crippen LogP contribution < -0.4 is 0 Å². The summed E-state index contributed by atoms with van der Waals surface area (Å²) in [6.45, 7) is 2.01. The molecule has 2 nitrogen and oxygen atoms in total. The van der Waals surface area contributed by atoms with Crippen molar-refractivity contribution >= 4 is 33.8 Å². The van der Waals surface area contributed by atoms with Crippen LogP contribution in [0.3, 0.4) is 0 Å². The molecule has 3 aromatic rings. The topological polar surface area (TPSA) is 33.1 Å². The van der Waals surface area contributed by atoms with Gasteiger partial charge in [-0.15, -0.1) is 11.3 Å². The van der Waals surface area contributed by atoms with Gasteiger partial charge in [-0.3, -0.25) is 4.98 Å². The Kier molecular flexibility index (Phi) is 3.27. The smallest absolute Gasteiger partial charge is 0.107 e. The van der Waals surface area contributed by atoms with Gasteiger partial charge in [-0.2, -0.15) is 0 Å². The van der Waals surface area contributed by atoms with E-state index in [-0.39, 0.29) is 0 Å². The quantitative estimate of drug-likeness (QED) is 0.761. The molecule has 1 N–H and O–H groups in total. The van der Waals surface area contributed by atoms with Gasteiger partial charge in [0, 0.05) is 27.0 Å². The van der Waals surface area contributed by atoms with Gasteiger partial charge in [-0.25, -0.2) is 0 Å². The second-order valence-corrected chi connectivity index (χ2v) is 5.90. The summed E-state index contributed by atoms with van der Waals surface area (Å²) in [5, 5.41) is 14.1. The van der Waals surface area contributed by atoms with Crippen LogP contribution in [0.5, 0.6) is 0 Å². The highest BCUT2D eigenvalue weighted by atomic mass is 35.5. The molecule has 4 heteroatoms. The van der Waals surface area contributed by atoms with Crippen LogP contribution in [0.4, 0.5) is 0 Å². The number of rotatable bonds is 2. The van der Waals surface area contributed by atoms with Crippen molar-refractivity contribution in [1.82, 2.24) is 4.98 Å². The molecule has 0 saturated carbocycles. The molecule has 0 saturated heterocycles. The first kappa shape index (κ1) is 12.6. The zero-order valence-electron chi connectivity index (χ0n) is 10.3. The molecule has 1 aromatic carbocycles. The lowest BCUT2D eigenvalue weighted by atomic mass is 9.99. The Morgan fingerprint density at radius 1 is 1.21 bits per heavy atom. The van der Waals surface area contributed by atoms with E-state index < -0.39 is 6.10 Å². The van der Waals surface area contributed by atoms with Gasteiger partial charge in [0.25, 0.3) is 0 Å². The number of aliphatic hydroxyl groups is 1. The zero-order chi connectivity index (χ0) is 13.4. The SMILES string of the molecule is Cc1sccc1C(O)c1ccc(Cl)c2cccnc12. The fourth-order valence-corrected chi connectivity index (χ4v) is 3.18. The van der Waals surface area contributed by atoms with Gasteiger partial charge in [-0.05, 0) is 42.1 Å². The summed E-state index contributed by atoms with van der Waals surface area (Å²) in [7, 11) is 0. The van der Waals surface area contributed by atoms with E-state index in [0.717, 1.165) is 26.9 Å². The first-order valence-corrected chi connectivity index (χ1v) is 7.19. The number of nitrogens with zero attached hydrogens (tertiary/aromatic N) is 1. The van der Waals surface area contributed by atoms with Gasteiger partial charge in [0.1, 0.15) is 6.10 Å². The van der Waals surface area contributed by atoms with E-state index in [2.05, 4.69) is 4.98 Å². The molecule has 0 aliphatic rings. The number of aliphatic hydroxyl groups excluding tert-OH is 1. The van der Waals surface area contributed by atoms with Gasteiger partial charge in [0.2, 0.25) is 0 Å². The maximum atomic E-state index is 10.6. The van der Waals surface area contributed by atoms with Crippen molar-refractivity contribution in [2.24, 2.45) is 0 Å². The monoisotopic (exact) mass is 289 g/mol. The molecule has 2 heterocycles. The minimum Gasteiger partial charge on any atom is -0.384 e. The third kappa shape index (κ3) is 2.14. The molecular weight excluding hydrogens is 278 g/mol. The second-order valence-electron chi connectivity index (χ2n) is 4.37. The van der Waals surface area contributed by atoms with Crippen molar-refractivity contribution in [3.8, 4) is 0 Å². The lowest BCUT2D eigenvalue weighted by Crippen LogP contribution is -2.01. The number of benzene rings is 1. The fourth-order valence-electron chi connectivity index (χ4n) is 2.23. The molecule has 1 unspecified atom stereocenters. The van der Waals surface area contributed by atoms with Crippen molar-refractivity contribution in [1.29, 1.82) is 0 Å². The standard InChI is InChI=1S/C15H12ClNOS/c1-9-10(6-8-19-9)15(18)12-4-5-13(16)11-3-2-7-17-14(11)12/h2-8,15,18H,1H3. The van der Waals surface area contributed by atoms with Crippen LogP contribution in [0.25, 0.3) is 10.9 Å². The van der Waals surface area contributed by atoms with Crippen LogP contribution >= 0.6 is 22.9 Å². The molecule has 0 radical (unpaired) electrons. The average molecular weight is 290 g/mol. The number of pyridine rings is 1. The summed E-state index contributed by atoms with van der Waals surface area (Å²) < 4.78 is 0. The maximum Gasteiger partial charge on any atom is 0.107 e. The van der Waals surface area contributed by atoms with Crippen LogP contribution in [-0.2, 0) is 0 Å². The first-order valence-electron chi connectivity index (χ1n) is 5.93. The lowest BCUT2D eigenvalue weighted by Gasteiger charge is -2.13. The van der Waals surface area contributed by atoms with Crippen LogP contribution in [0.1, 0.15) is 22.1 Å². The van der Waals surface area contributed by atoms with E-state index in [1.165, 1.54) is 0 Å². The minimum absolute atomic E-state index is 0.654. The summed E-state index contributed by atoms with van der Waals surface area (Å²) >= 11 is 7.80. The van der Waals surface area contributed by atoms with Gasteiger partial charge in [0.05, 0.1) is 5.52 Å². The Balaban J connectivity index is 2.21. The normalized spacial score (nSPS) is 12.8. The summed E-state index contributed by atoms with van der Waals surface area (Å²) in [5.74, 6) is 0. The van der Waals surface area contributed by atoms with Crippen molar-refractivity contribution in [3.63, 3.8) is 0 Å². The number of hydrogen-bond acceptors (Lipinski definition) is 3. The Morgan fingerprint density at radius 3 is 2.79 bits per heavy atom.